The van der Waals surface area contributed by atoms with Crippen LogP contribution in [0.15, 0.2) is 30.3 Å². The van der Waals surface area contributed by atoms with Gasteiger partial charge in [-0.2, -0.15) is 0 Å². The van der Waals surface area contributed by atoms with E-state index in [1.807, 2.05) is 18.2 Å². The lowest BCUT2D eigenvalue weighted by molar-refractivity contribution is 0.0787. The molecule has 1 aliphatic rings. The fourth-order valence-corrected chi connectivity index (χ4v) is 2.35. The quantitative estimate of drug-likeness (QED) is 0.856. The Morgan fingerprint density at radius 1 is 1.37 bits per heavy atom. The third-order valence-corrected chi connectivity index (χ3v) is 3.56. The summed E-state index contributed by atoms with van der Waals surface area (Å²) >= 11 is 0. The van der Waals surface area contributed by atoms with E-state index in [9.17, 15) is 5.11 Å². The molecule has 0 bridgehead atoms. The molecule has 0 aliphatic carbocycles. The molecule has 1 aromatic carbocycles. The number of benzene rings is 1. The van der Waals surface area contributed by atoms with Gasteiger partial charge in [0.15, 0.2) is 0 Å². The molecule has 0 radical (unpaired) electrons. The molecule has 0 spiro atoms. The van der Waals surface area contributed by atoms with Gasteiger partial charge in [0.1, 0.15) is 0 Å². The van der Waals surface area contributed by atoms with Crippen LogP contribution in [0.3, 0.4) is 0 Å². The fraction of sp³-hybridized carbons (Fsp3) is 0.500. The lowest BCUT2D eigenvalue weighted by Gasteiger charge is -2.18. The minimum absolute atomic E-state index is 0.457. The number of hydrogen-bond acceptors (Lipinski definition) is 3. The molecule has 1 atom stereocenters. The first-order valence-corrected chi connectivity index (χ1v) is 7.03. The zero-order valence-electron chi connectivity index (χ0n) is 11.3. The normalized spacial score (nSPS) is 18.8. The molecule has 3 heteroatoms. The van der Waals surface area contributed by atoms with Crippen LogP contribution in [0.25, 0.3) is 6.08 Å². The van der Waals surface area contributed by atoms with Crippen molar-refractivity contribution in [2.45, 2.75) is 25.4 Å². The van der Waals surface area contributed by atoms with Gasteiger partial charge in [-0.15, -0.1) is 0 Å². The number of ether oxygens (including phenoxy) is 1. The first kappa shape index (κ1) is 14.3. The lowest BCUT2D eigenvalue weighted by Crippen LogP contribution is -2.13. The molecular formula is C16H23NO2. The molecule has 104 valence electrons. The second-order valence-electron chi connectivity index (χ2n) is 5.07. The first-order chi connectivity index (χ1) is 9.29. The predicted molar refractivity (Wildman–Crippen MR) is 77.7 cm³/mol. The second kappa shape index (κ2) is 7.43. The minimum atomic E-state index is -0.457. The molecule has 1 aliphatic heterocycles. The Bertz CT molecular complexity index is 411. The summed E-state index contributed by atoms with van der Waals surface area (Å²) in [6, 6.07) is 8.04. The third-order valence-electron chi connectivity index (χ3n) is 3.56. The maximum Gasteiger partial charge on any atom is 0.0802 e. The maximum atomic E-state index is 9.94. The Kier molecular flexibility index (Phi) is 5.58. The van der Waals surface area contributed by atoms with Gasteiger partial charge in [-0.25, -0.2) is 0 Å². The van der Waals surface area contributed by atoms with Crippen molar-refractivity contribution in [1.82, 2.24) is 0 Å². The molecule has 2 rings (SSSR count). The van der Waals surface area contributed by atoms with Gasteiger partial charge in [-0.1, -0.05) is 30.4 Å². The SMILES string of the molecule is NCCC(O)c1cccc(C=CC2CCOCC2)c1. The summed E-state index contributed by atoms with van der Waals surface area (Å²) in [4.78, 5) is 0. The number of allylic oxidation sites excluding steroid dienone is 1. The lowest BCUT2D eigenvalue weighted by atomic mass is 9.98. The molecule has 1 aromatic rings. The summed E-state index contributed by atoms with van der Waals surface area (Å²) in [7, 11) is 0. The number of aliphatic hydroxyl groups is 1. The van der Waals surface area contributed by atoms with E-state index in [1.165, 1.54) is 0 Å². The van der Waals surface area contributed by atoms with Crippen LogP contribution >= 0.6 is 0 Å². The van der Waals surface area contributed by atoms with Gasteiger partial charge in [0.2, 0.25) is 0 Å². The highest BCUT2D eigenvalue weighted by atomic mass is 16.5. The van der Waals surface area contributed by atoms with Crippen LogP contribution in [-0.4, -0.2) is 24.9 Å². The van der Waals surface area contributed by atoms with Crippen LogP contribution in [0, 0.1) is 5.92 Å². The molecule has 0 aromatic heterocycles. The molecule has 1 heterocycles. The van der Waals surface area contributed by atoms with E-state index in [4.69, 9.17) is 10.5 Å². The van der Waals surface area contributed by atoms with Crippen molar-refractivity contribution in [2.75, 3.05) is 19.8 Å². The first-order valence-electron chi connectivity index (χ1n) is 7.03. The summed E-state index contributed by atoms with van der Waals surface area (Å²) in [6.45, 7) is 2.23. The molecule has 3 N–H and O–H groups in total. The van der Waals surface area contributed by atoms with Crippen LogP contribution in [-0.2, 0) is 4.74 Å². The highest BCUT2D eigenvalue weighted by Gasteiger charge is 2.10. The van der Waals surface area contributed by atoms with E-state index in [1.54, 1.807) is 0 Å². The average Bonchev–Trinajstić information content (AvgIpc) is 2.47. The predicted octanol–water partition coefficient (Wildman–Crippen LogP) is 2.51. The van der Waals surface area contributed by atoms with Crippen molar-refractivity contribution in [2.24, 2.45) is 11.7 Å². The van der Waals surface area contributed by atoms with E-state index < -0.39 is 6.10 Å². The molecule has 0 amide bonds. The topological polar surface area (TPSA) is 55.5 Å². The van der Waals surface area contributed by atoms with Gasteiger partial charge in [-0.05, 0) is 48.9 Å². The van der Waals surface area contributed by atoms with E-state index >= 15 is 0 Å². The van der Waals surface area contributed by atoms with Gasteiger partial charge < -0.3 is 15.6 Å². The monoisotopic (exact) mass is 261 g/mol. The van der Waals surface area contributed by atoms with Crippen LogP contribution < -0.4 is 5.73 Å². The van der Waals surface area contributed by atoms with Crippen LogP contribution in [0.4, 0.5) is 0 Å². The standard InChI is InChI=1S/C16H23NO2/c17-9-6-16(18)15-3-1-2-14(12-15)5-4-13-7-10-19-11-8-13/h1-5,12-13,16,18H,6-11,17H2. The Morgan fingerprint density at radius 2 is 2.16 bits per heavy atom. The molecular weight excluding hydrogens is 238 g/mol. The Labute approximate surface area is 115 Å². The van der Waals surface area contributed by atoms with E-state index in [2.05, 4.69) is 18.2 Å². The molecule has 0 saturated carbocycles. The zero-order valence-corrected chi connectivity index (χ0v) is 11.3. The van der Waals surface area contributed by atoms with Gasteiger partial charge in [0.05, 0.1) is 6.10 Å². The zero-order chi connectivity index (χ0) is 13.5. The summed E-state index contributed by atoms with van der Waals surface area (Å²) < 4.78 is 5.35. The van der Waals surface area contributed by atoms with Crippen molar-refractivity contribution < 1.29 is 9.84 Å². The highest BCUT2D eigenvalue weighted by Crippen LogP contribution is 2.20. The molecule has 1 unspecified atom stereocenters. The van der Waals surface area contributed by atoms with Crippen molar-refractivity contribution in [3.63, 3.8) is 0 Å². The van der Waals surface area contributed by atoms with E-state index in [-0.39, 0.29) is 0 Å². The van der Waals surface area contributed by atoms with Gasteiger partial charge in [0, 0.05) is 13.2 Å². The minimum Gasteiger partial charge on any atom is -0.388 e. The molecule has 3 nitrogen and oxygen atoms in total. The van der Waals surface area contributed by atoms with E-state index in [0.29, 0.717) is 18.9 Å². The van der Waals surface area contributed by atoms with E-state index in [0.717, 1.165) is 37.2 Å². The van der Waals surface area contributed by atoms with Crippen LogP contribution in [0.2, 0.25) is 0 Å². The van der Waals surface area contributed by atoms with Crippen LogP contribution in [0.1, 0.15) is 36.5 Å². The summed E-state index contributed by atoms with van der Waals surface area (Å²) in [5, 5.41) is 9.94. The summed E-state index contributed by atoms with van der Waals surface area (Å²) in [6.07, 6.45) is 6.76. The second-order valence-corrected chi connectivity index (χ2v) is 5.07. The molecule has 1 saturated heterocycles. The summed E-state index contributed by atoms with van der Waals surface area (Å²) in [5.41, 5.74) is 7.56. The number of aliphatic hydroxyl groups excluding tert-OH is 1. The van der Waals surface area contributed by atoms with Crippen molar-refractivity contribution in [1.29, 1.82) is 0 Å². The third kappa shape index (κ3) is 4.46. The van der Waals surface area contributed by atoms with Gasteiger partial charge in [0.25, 0.3) is 0 Å². The number of nitrogens with two attached hydrogens (primary N) is 1. The maximum absolute atomic E-state index is 9.94. The molecule has 1 fully saturated rings. The van der Waals surface area contributed by atoms with Gasteiger partial charge >= 0.3 is 0 Å². The number of hydrogen-bond donors (Lipinski definition) is 2. The molecule has 19 heavy (non-hydrogen) atoms. The van der Waals surface area contributed by atoms with Crippen molar-refractivity contribution in [3.8, 4) is 0 Å². The number of rotatable bonds is 5. The Hall–Kier alpha value is -1.16. The van der Waals surface area contributed by atoms with Crippen LogP contribution in [0.5, 0.6) is 0 Å². The van der Waals surface area contributed by atoms with Crippen molar-refractivity contribution in [3.05, 3.63) is 41.5 Å². The smallest absolute Gasteiger partial charge is 0.0802 e. The van der Waals surface area contributed by atoms with Gasteiger partial charge in [-0.3, -0.25) is 0 Å². The Balaban J connectivity index is 1.99. The highest BCUT2D eigenvalue weighted by molar-refractivity contribution is 5.50. The Morgan fingerprint density at radius 3 is 2.89 bits per heavy atom. The largest absolute Gasteiger partial charge is 0.388 e. The fourth-order valence-electron chi connectivity index (χ4n) is 2.35. The summed E-state index contributed by atoms with van der Waals surface area (Å²) in [5.74, 6) is 0.617. The van der Waals surface area contributed by atoms with Crippen molar-refractivity contribution >= 4 is 6.08 Å². The average molecular weight is 261 g/mol.